The van der Waals surface area contributed by atoms with Crippen LogP contribution in [0.25, 0.3) is 0 Å². The number of hydrogen-bond donors (Lipinski definition) is 1. The van der Waals surface area contributed by atoms with Crippen LogP contribution in [0.4, 0.5) is 11.8 Å². The number of rotatable bonds is 9. The topological polar surface area (TPSA) is 72.4 Å². The van der Waals surface area contributed by atoms with Crippen LogP contribution >= 0.6 is 0 Å². The van der Waals surface area contributed by atoms with Gasteiger partial charge in [-0.1, -0.05) is 6.07 Å². The van der Waals surface area contributed by atoms with Crippen molar-refractivity contribution in [1.29, 1.82) is 0 Å². The summed E-state index contributed by atoms with van der Waals surface area (Å²) >= 11 is 0. The number of likely N-dealkylation sites (N-methyl/N-ethyl adjacent to an activating group) is 1. The molecule has 146 valence electrons. The number of benzene rings is 1. The van der Waals surface area contributed by atoms with Gasteiger partial charge in [-0.2, -0.15) is 4.98 Å². The molecule has 0 atom stereocenters. The molecule has 1 aromatic carbocycles. The molecule has 0 bridgehead atoms. The minimum absolute atomic E-state index is 0.586. The lowest BCUT2D eigenvalue weighted by Crippen LogP contribution is -2.22. The van der Waals surface area contributed by atoms with Crippen molar-refractivity contribution in [3.8, 4) is 11.5 Å². The van der Waals surface area contributed by atoms with Gasteiger partial charge in [-0.15, -0.1) is 0 Å². The SMILES string of the molecule is COc1ccc(CNc2nccc(N(C)CCc3ccncc3)n2)cc1OC. The van der Waals surface area contributed by atoms with Gasteiger partial charge < -0.3 is 19.7 Å². The predicted octanol–water partition coefficient (Wildman–Crippen LogP) is 3.18. The Balaban J connectivity index is 1.60. The zero-order valence-electron chi connectivity index (χ0n) is 16.4. The third-order valence-corrected chi connectivity index (χ3v) is 4.42. The fourth-order valence-electron chi connectivity index (χ4n) is 2.78. The minimum atomic E-state index is 0.586. The van der Waals surface area contributed by atoms with Crippen LogP contribution < -0.4 is 19.7 Å². The van der Waals surface area contributed by atoms with Gasteiger partial charge in [-0.25, -0.2) is 4.98 Å². The molecule has 0 saturated carbocycles. The lowest BCUT2D eigenvalue weighted by atomic mass is 10.2. The molecule has 0 aliphatic rings. The van der Waals surface area contributed by atoms with E-state index in [2.05, 4.69) is 25.2 Å². The Labute approximate surface area is 165 Å². The second-order valence-electron chi connectivity index (χ2n) is 6.31. The van der Waals surface area contributed by atoms with Crippen LogP contribution in [0.3, 0.4) is 0 Å². The zero-order chi connectivity index (χ0) is 19.8. The Kier molecular flexibility index (Phi) is 6.62. The van der Waals surface area contributed by atoms with Crippen molar-refractivity contribution in [2.75, 3.05) is 38.0 Å². The summed E-state index contributed by atoms with van der Waals surface area (Å²) in [5.74, 6) is 2.87. The Hall–Kier alpha value is -3.35. The van der Waals surface area contributed by atoms with Gasteiger partial charge in [0.1, 0.15) is 5.82 Å². The summed E-state index contributed by atoms with van der Waals surface area (Å²) in [6.45, 7) is 1.45. The first-order valence-electron chi connectivity index (χ1n) is 9.07. The van der Waals surface area contributed by atoms with Crippen molar-refractivity contribution >= 4 is 11.8 Å². The molecule has 0 aliphatic heterocycles. The number of methoxy groups -OCH3 is 2. The van der Waals surface area contributed by atoms with E-state index in [0.29, 0.717) is 24.0 Å². The third kappa shape index (κ3) is 5.09. The van der Waals surface area contributed by atoms with Crippen LogP contribution in [0.5, 0.6) is 11.5 Å². The number of hydrogen-bond acceptors (Lipinski definition) is 7. The largest absolute Gasteiger partial charge is 0.493 e. The standard InChI is InChI=1S/C21H25N5O2/c1-26(13-9-16-6-10-22-11-7-16)20-8-12-23-21(25-20)24-15-17-4-5-18(27-2)19(14-17)28-3/h4-8,10-12,14H,9,13,15H2,1-3H3,(H,23,24,25). The van der Waals surface area contributed by atoms with Gasteiger partial charge in [0.05, 0.1) is 14.2 Å². The smallest absolute Gasteiger partial charge is 0.224 e. The fraction of sp³-hybridized carbons (Fsp3) is 0.286. The summed E-state index contributed by atoms with van der Waals surface area (Å²) in [6, 6.07) is 11.8. The average Bonchev–Trinajstić information content (AvgIpc) is 2.76. The van der Waals surface area contributed by atoms with E-state index in [-0.39, 0.29) is 0 Å². The maximum absolute atomic E-state index is 5.35. The lowest BCUT2D eigenvalue weighted by Gasteiger charge is -2.18. The van der Waals surface area contributed by atoms with Crippen LogP contribution in [-0.2, 0) is 13.0 Å². The molecular formula is C21H25N5O2. The third-order valence-electron chi connectivity index (χ3n) is 4.42. The molecule has 3 aromatic rings. The second-order valence-corrected chi connectivity index (χ2v) is 6.31. The first-order valence-corrected chi connectivity index (χ1v) is 9.07. The Morgan fingerprint density at radius 3 is 2.46 bits per heavy atom. The number of nitrogens with one attached hydrogen (secondary N) is 1. The highest BCUT2D eigenvalue weighted by Gasteiger charge is 2.07. The molecule has 3 rings (SSSR count). The molecular weight excluding hydrogens is 354 g/mol. The van der Waals surface area contributed by atoms with E-state index in [1.807, 2.05) is 55.8 Å². The quantitative estimate of drug-likeness (QED) is 0.612. The fourth-order valence-corrected chi connectivity index (χ4v) is 2.78. The molecule has 0 radical (unpaired) electrons. The van der Waals surface area contributed by atoms with Crippen LogP contribution in [0.1, 0.15) is 11.1 Å². The van der Waals surface area contributed by atoms with Crippen LogP contribution in [0, 0.1) is 0 Å². The second kappa shape index (κ2) is 9.55. The van der Waals surface area contributed by atoms with Gasteiger partial charge >= 0.3 is 0 Å². The van der Waals surface area contributed by atoms with Crippen LogP contribution in [0.15, 0.2) is 55.0 Å². The van der Waals surface area contributed by atoms with Gasteiger partial charge in [0, 0.05) is 38.7 Å². The van der Waals surface area contributed by atoms with Gasteiger partial charge in [0.2, 0.25) is 5.95 Å². The summed E-state index contributed by atoms with van der Waals surface area (Å²) in [6.07, 6.45) is 6.33. The summed E-state index contributed by atoms with van der Waals surface area (Å²) < 4.78 is 10.6. The molecule has 7 nitrogen and oxygen atoms in total. The maximum Gasteiger partial charge on any atom is 0.224 e. The molecule has 2 aromatic heterocycles. The van der Waals surface area contributed by atoms with Gasteiger partial charge in [-0.05, 0) is 47.9 Å². The molecule has 0 spiro atoms. The van der Waals surface area contributed by atoms with Crippen molar-refractivity contribution in [1.82, 2.24) is 15.0 Å². The number of aromatic nitrogens is 3. The van der Waals surface area contributed by atoms with E-state index in [4.69, 9.17) is 9.47 Å². The highest BCUT2D eigenvalue weighted by molar-refractivity contribution is 5.45. The van der Waals surface area contributed by atoms with Gasteiger partial charge in [0.25, 0.3) is 0 Å². The first-order chi connectivity index (χ1) is 13.7. The molecule has 0 unspecified atom stereocenters. The highest BCUT2D eigenvalue weighted by Crippen LogP contribution is 2.27. The number of ether oxygens (including phenoxy) is 2. The summed E-state index contributed by atoms with van der Waals surface area (Å²) in [4.78, 5) is 15.1. The molecule has 7 heteroatoms. The van der Waals surface area contributed by atoms with Crippen LogP contribution in [0.2, 0.25) is 0 Å². The summed E-state index contributed by atoms with van der Waals surface area (Å²) in [5, 5.41) is 3.27. The van der Waals surface area contributed by atoms with Crippen molar-refractivity contribution in [2.45, 2.75) is 13.0 Å². The van der Waals surface area contributed by atoms with E-state index in [0.717, 1.165) is 24.3 Å². The average molecular weight is 379 g/mol. The van der Waals surface area contributed by atoms with Crippen molar-refractivity contribution in [2.24, 2.45) is 0 Å². The van der Waals surface area contributed by atoms with E-state index in [1.54, 1.807) is 20.4 Å². The maximum atomic E-state index is 5.35. The van der Waals surface area contributed by atoms with Gasteiger partial charge in [-0.3, -0.25) is 4.98 Å². The molecule has 0 saturated heterocycles. The number of anilines is 2. The Morgan fingerprint density at radius 1 is 0.929 bits per heavy atom. The van der Waals surface area contributed by atoms with E-state index >= 15 is 0 Å². The summed E-state index contributed by atoms with van der Waals surface area (Å²) in [7, 11) is 5.28. The zero-order valence-corrected chi connectivity index (χ0v) is 16.4. The van der Waals surface area contributed by atoms with Gasteiger partial charge in [0.15, 0.2) is 11.5 Å². The molecule has 2 heterocycles. The Morgan fingerprint density at radius 2 is 1.71 bits per heavy atom. The van der Waals surface area contributed by atoms with E-state index in [1.165, 1.54) is 5.56 Å². The Bertz CT molecular complexity index is 889. The van der Waals surface area contributed by atoms with E-state index < -0.39 is 0 Å². The van der Waals surface area contributed by atoms with Crippen molar-refractivity contribution < 1.29 is 9.47 Å². The summed E-state index contributed by atoms with van der Waals surface area (Å²) in [5.41, 5.74) is 2.31. The van der Waals surface area contributed by atoms with Crippen molar-refractivity contribution in [3.63, 3.8) is 0 Å². The van der Waals surface area contributed by atoms with E-state index in [9.17, 15) is 0 Å². The monoisotopic (exact) mass is 379 g/mol. The van der Waals surface area contributed by atoms with Crippen molar-refractivity contribution in [3.05, 3.63) is 66.1 Å². The van der Waals surface area contributed by atoms with Crippen LogP contribution in [-0.4, -0.2) is 42.8 Å². The lowest BCUT2D eigenvalue weighted by molar-refractivity contribution is 0.354. The molecule has 0 fully saturated rings. The number of pyridine rings is 1. The first kappa shape index (κ1) is 19.4. The molecule has 0 aliphatic carbocycles. The number of nitrogens with zero attached hydrogens (tertiary/aromatic N) is 4. The predicted molar refractivity (Wildman–Crippen MR) is 110 cm³/mol. The minimum Gasteiger partial charge on any atom is -0.493 e. The highest BCUT2D eigenvalue weighted by atomic mass is 16.5. The molecule has 0 amide bonds. The molecule has 28 heavy (non-hydrogen) atoms. The molecule has 1 N–H and O–H groups in total. The normalized spacial score (nSPS) is 10.4.